The third-order valence-corrected chi connectivity index (χ3v) is 12.3. The van der Waals surface area contributed by atoms with Gasteiger partial charge in [0, 0.05) is 70.2 Å². The Kier molecular flexibility index (Phi) is 14.1. The lowest BCUT2D eigenvalue weighted by atomic mass is 9.74. The van der Waals surface area contributed by atoms with Crippen molar-refractivity contribution in [3.63, 3.8) is 0 Å². The monoisotopic (exact) mass is 737 g/mol. The first-order chi connectivity index (χ1) is 24.1. The van der Waals surface area contributed by atoms with Gasteiger partial charge < -0.3 is 38.8 Å². The van der Waals surface area contributed by atoms with Crippen LogP contribution in [0.25, 0.3) is 0 Å². The summed E-state index contributed by atoms with van der Waals surface area (Å²) in [4.78, 5) is 50.1. The molecule has 1 amide bonds. The molecule has 12 heteroatoms. The van der Waals surface area contributed by atoms with Crippen molar-refractivity contribution in [2.45, 2.75) is 130 Å². The second-order valence-corrected chi connectivity index (χ2v) is 18.9. The predicted molar refractivity (Wildman–Crippen MR) is 201 cm³/mol. The number of carbonyl (C=O) groups excluding carboxylic acids is 3. The molecule has 1 saturated carbocycles. The normalized spacial score (nSPS) is 36.2. The van der Waals surface area contributed by atoms with Crippen molar-refractivity contribution in [2.75, 3.05) is 74.6 Å². The lowest BCUT2D eigenvalue weighted by molar-refractivity contribution is -0.295. The average Bonchev–Trinajstić information content (AvgIpc) is 3.83. The SMILES string of the molecule is CO[C@]1(C)C[C@@H](C)CN(C)[C@H](C2CN(C(=O)CC(C)(C)CN(C)CC3CC3)C2)COC(=O)C(C)(C)C(=O)[C@H](C)[C@H]1O[C@@H]1O[C@H](C)C[C@H](N(C)C)[C@H]1O. The standard InChI is InChI=1S/C40H72N4O8/c1-25-17-40(8,49-13)35(52-36-33(46)30(41(9)10)16-26(2)51-36)27(3)34(47)39(6,7)37(48)50-23-31(43(12)19-25)29-21-44(22-29)32(45)18-38(4,5)24-42(11)20-28-14-15-28/h25-31,33,35-36,46H,14-24H2,1-13H3/t25-,26-,27+,30+,31+,33-,35-,36+,40-/m1/s1. The Morgan fingerprint density at radius 3 is 2.27 bits per heavy atom. The lowest BCUT2D eigenvalue weighted by Gasteiger charge is -2.48. The molecule has 0 aromatic rings. The summed E-state index contributed by atoms with van der Waals surface area (Å²) in [6.45, 7) is 19.4. The molecule has 1 aliphatic carbocycles. The van der Waals surface area contributed by atoms with Gasteiger partial charge in [0.25, 0.3) is 0 Å². The number of Topliss-reactive ketones (excluding diaryl/α,β-unsaturated/α-hetero) is 1. The van der Waals surface area contributed by atoms with Gasteiger partial charge >= 0.3 is 5.97 Å². The minimum atomic E-state index is -1.47. The molecule has 3 aliphatic heterocycles. The summed E-state index contributed by atoms with van der Waals surface area (Å²) in [6, 6.07) is -0.324. The van der Waals surface area contributed by atoms with E-state index in [1.807, 2.05) is 44.8 Å². The molecule has 3 saturated heterocycles. The number of aliphatic hydroxyl groups is 1. The molecule has 0 unspecified atom stereocenters. The quantitative estimate of drug-likeness (QED) is 0.248. The minimum Gasteiger partial charge on any atom is -0.463 e. The molecule has 0 aromatic heterocycles. The number of cyclic esters (lactones) is 1. The Balaban J connectivity index is 1.51. The van der Waals surface area contributed by atoms with Gasteiger partial charge in [0.15, 0.2) is 12.1 Å². The van der Waals surface area contributed by atoms with Crippen LogP contribution >= 0.6 is 0 Å². The molecule has 12 nitrogen and oxygen atoms in total. The fourth-order valence-corrected chi connectivity index (χ4v) is 9.13. The maximum atomic E-state index is 14.3. The van der Waals surface area contributed by atoms with Crippen LogP contribution in [0.15, 0.2) is 0 Å². The van der Waals surface area contributed by atoms with Crippen molar-refractivity contribution in [2.24, 2.45) is 34.5 Å². The molecular formula is C40H72N4O8. The molecule has 0 radical (unpaired) electrons. The molecule has 3 heterocycles. The van der Waals surface area contributed by atoms with Gasteiger partial charge in [0.1, 0.15) is 18.1 Å². The van der Waals surface area contributed by atoms with Crippen LogP contribution in [-0.4, -0.2) is 159 Å². The van der Waals surface area contributed by atoms with Crippen molar-refractivity contribution in [1.82, 2.24) is 19.6 Å². The van der Waals surface area contributed by atoms with Crippen LogP contribution in [0.2, 0.25) is 0 Å². The maximum Gasteiger partial charge on any atom is 0.319 e. The zero-order chi connectivity index (χ0) is 38.9. The van der Waals surface area contributed by atoms with Crippen molar-refractivity contribution in [3.05, 3.63) is 0 Å². The number of amides is 1. The van der Waals surface area contributed by atoms with Gasteiger partial charge in [-0.05, 0) is 98.8 Å². The number of nitrogens with zero attached hydrogens (tertiary/aromatic N) is 4. The number of methoxy groups -OCH3 is 1. The number of ketones is 1. The number of esters is 1. The Morgan fingerprint density at radius 2 is 1.69 bits per heavy atom. The summed E-state index contributed by atoms with van der Waals surface area (Å²) in [5, 5.41) is 11.4. The van der Waals surface area contributed by atoms with Gasteiger partial charge in [-0.2, -0.15) is 0 Å². The molecule has 0 spiro atoms. The number of likely N-dealkylation sites (tertiary alicyclic amines) is 1. The lowest BCUT2D eigenvalue weighted by Crippen LogP contribution is -2.60. The van der Waals surface area contributed by atoms with Gasteiger partial charge in [0.2, 0.25) is 5.91 Å². The van der Waals surface area contributed by atoms with E-state index in [-0.39, 0.29) is 53.7 Å². The first-order valence-electron chi connectivity index (χ1n) is 19.7. The summed E-state index contributed by atoms with van der Waals surface area (Å²) < 4.78 is 25.1. The number of aliphatic hydroxyl groups excluding tert-OH is 1. The van der Waals surface area contributed by atoms with Gasteiger partial charge in [-0.3, -0.25) is 19.3 Å². The molecule has 52 heavy (non-hydrogen) atoms. The van der Waals surface area contributed by atoms with E-state index in [2.05, 4.69) is 37.6 Å². The molecule has 0 bridgehead atoms. The number of hydrogen-bond acceptors (Lipinski definition) is 11. The Morgan fingerprint density at radius 1 is 1.06 bits per heavy atom. The third-order valence-electron chi connectivity index (χ3n) is 12.3. The van der Waals surface area contributed by atoms with E-state index in [9.17, 15) is 19.5 Å². The Bertz CT molecular complexity index is 1240. The zero-order valence-electron chi connectivity index (χ0n) is 34.6. The number of rotatable bonds is 11. The first-order valence-corrected chi connectivity index (χ1v) is 19.7. The number of ether oxygens (including phenoxy) is 4. The number of hydrogen-bond donors (Lipinski definition) is 1. The summed E-state index contributed by atoms with van der Waals surface area (Å²) >= 11 is 0. The van der Waals surface area contributed by atoms with Crippen LogP contribution in [0, 0.1) is 34.5 Å². The fourth-order valence-electron chi connectivity index (χ4n) is 9.13. The molecule has 0 aromatic carbocycles. The van der Waals surface area contributed by atoms with Crippen LogP contribution in [-0.2, 0) is 33.3 Å². The number of likely N-dealkylation sites (N-methyl/N-ethyl adjacent to an activating group) is 2. The molecule has 9 atom stereocenters. The topological polar surface area (TPSA) is 121 Å². The van der Waals surface area contributed by atoms with Crippen LogP contribution < -0.4 is 0 Å². The average molecular weight is 737 g/mol. The summed E-state index contributed by atoms with van der Waals surface area (Å²) in [6.07, 6.45) is 1.36. The third kappa shape index (κ3) is 10.3. The van der Waals surface area contributed by atoms with Crippen LogP contribution in [0.5, 0.6) is 0 Å². The van der Waals surface area contributed by atoms with E-state index in [0.717, 1.165) is 19.0 Å². The van der Waals surface area contributed by atoms with Gasteiger partial charge in [0.05, 0.1) is 17.8 Å². The molecule has 1 N–H and O–H groups in total. The second kappa shape index (κ2) is 17.0. The van der Waals surface area contributed by atoms with E-state index in [1.54, 1.807) is 27.9 Å². The van der Waals surface area contributed by atoms with E-state index in [1.165, 1.54) is 12.8 Å². The highest BCUT2D eigenvalue weighted by atomic mass is 16.7. The predicted octanol–water partition coefficient (Wildman–Crippen LogP) is 3.53. The molecular weight excluding hydrogens is 664 g/mol. The van der Waals surface area contributed by atoms with Crippen LogP contribution in [0.1, 0.15) is 87.5 Å². The number of carbonyl (C=O) groups is 3. The summed E-state index contributed by atoms with van der Waals surface area (Å²) in [5.41, 5.74) is -2.56. The summed E-state index contributed by atoms with van der Waals surface area (Å²) in [7, 11) is 9.67. The van der Waals surface area contributed by atoms with Crippen molar-refractivity contribution in [3.8, 4) is 0 Å². The minimum absolute atomic E-state index is 0.0900. The Labute approximate surface area is 314 Å². The Hall–Kier alpha value is -1.67. The van der Waals surface area contributed by atoms with Crippen molar-refractivity contribution in [1.29, 1.82) is 0 Å². The highest BCUT2D eigenvalue weighted by molar-refractivity contribution is 6.04. The van der Waals surface area contributed by atoms with Crippen molar-refractivity contribution < 1.29 is 38.4 Å². The molecule has 300 valence electrons. The fraction of sp³-hybridized carbons (Fsp3) is 0.925. The first kappa shape index (κ1) is 43.1. The maximum absolute atomic E-state index is 14.3. The van der Waals surface area contributed by atoms with Crippen LogP contribution in [0.3, 0.4) is 0 Å². The highest BCUT2D eigenvalue weighted by Gasteiger charge is 2.52. The van der Waals surface area contributed by atoms with E-state index >= 15 is 0 Å². The largest absolute Gasteiger partial charge is 0.463 e. The van der Waals surface area contributed by atoms with Gasteiger partial charge in [-0.15, -0.1) is 0 Å². The van der Waals surface area contributed by atoms with E-state index in [0.29, 0.717) is 38.9 Å². The smallest absolute Gasteiger partial charge is 0.319 e. The van der Waals surface area contributed by atoms with Crippen molar-refractivity contribution >= 4 is 17.7 Å². The molecule has 4 fully saturated rings. The van der Waals surface area contributed by atoms with E-state index < -0.39 is 41.4 Å². The second-order valence-electron chi connectivity index (χ2n) is 18.9. The molecule has 4 rings (SSSR count). The van der Waals surface area contributed by atoms with Gasteiger partial charge in [-0.1, -0.05) is 27.7 Å². The zero-order valence-corrected chi connectivity index (χ0v) is 34.6. The van der Waals surface area contributed by atoms with Gasteiger partial charge in [-0.25, -0.2) is 0 Å². The van der Waals surface area contributed by atoms with Crippen LogP contribution in [0.4, 0.5) is 0 Å². The summed E-state index contributed by atoms with van der Waals surface area (Å²) in [5.74, 6) is -0.509. The molecule has 4 aliphatic rings. The highest BCUT2D eigenvalue weighted by Crippen LogP contribution is 2.39. The van der Waals surface area contributed by atoms with E-state index in [4.69, 9.17) is 18.9 Å².